The fraction of sp³-hybridized carbons (Fsp3) is 0.393. The van der Waals surface area contributed by atoms with Gasteiger partial charge in [0.1, 0.15) is 0 Å². The molecule has 0 spiro atoms. The first-order chi connectivity index (χ1) is 17.7. The van der Waals surface area contributed by atoms with Crippen LogP contribution >= 0.6 is 27.7 Å². The molecule has 1 saturated heterocycles. The van der Waals surface area contributed by atoms with E-state index < -0.39 is 17.4 Å². The van der Waals surface area contributed by atoms with Crippen LogP contribution in [0.25, 0.3) is 0 Å². The molecule has 1 aliphatic heterocycles. The highest BCUT2D eigenvalue weighted by atomic mass is 79.9. The lowest BCUT2D eigenvalue weighted by atomic mass is 9.53. The number of methoxy groups -OCH3 is 1. The first-order valence-electron chi connectivity index (χ1n) is 12.1. The van der Waals surface area contributed by atoms with Crippen molar-refractivity contribution in [2.24, 2.45) is 5.92 Å². The number of fused-ring (bicyclic) bond motifs is 1. The van der Waals surface area contributed by atoms with Gasteiger partial charge in [-0.05, 0) is 65.8 Å². The number of nitrogens with zero attached hydrogens (tertiary/aromatic N) is 1. The number of likely N-dealkylation sites (N-methyl/N-ethyl adjacent to an activating group) is 1. The first-order valence-corrected chi connectivity index (χ1v) is 13.8. The normalized spacial score (nSPS) is 26.5. The Morgan fingerprint density at radius 1 is 1.11 bits per heavy atom. The van der Waals surface area contributed by atoms with E-state index in [2.05, 4.69) is 33.9 Å². The number of likely N-dealkylation sites (tertiary alicyclic amines) is 1. The molecule has 7 nitrogen and oxygen atoms in total. The topological polar surface area (TPSA) is 82.1 Å². The monoisotopic (exact) mass is 585 g/mol. The van der Waals surface area contributed by atoms with Crippen molar-refractivity contribution in [2.45, 2.75) is 48.3 Å². The van der Waals surface area contributed by atoms with Crippen LogP contribution in [0.3, 0.4) is 0 Å². The van der Waals surface area contributed by atoms with Crippen LogP contribution in [0.1, 0.15) is 43.1 Å². The minimum absolute atomic E-state index is 0.0429. The molecule has 2 aromatic carbocycles. The van der Waals surface area contributed by atoms with Crippen LogP contribution in [0.15, 0.2) is 57.6 Å². The number of rotatable bonds is 5. The number of hydrogen-bond acceptors (Lipinski definition) is 8. The zero-order valence-electron chi connectivity index (χ0n) is 21.1. The van der Waals surface area contributed by atoms with E-state index >= 15 is 0 Å². The summed E-state index contributed by atoms with van der Waals surface area (Å²) in [7, 11) is 3.64. The Balaban J connectivity index is 1.81. The quantitative estimate of drug-likeness (QED) is 0.349. The summed E-state index contributed by atoms with van der Waals surface area (Å²) in [5.74, 6) is -0.433. The lowest BCUT2D eigenvalue weighted by molar-refractivity contribution is -0.134. The van der Waals surface area contributed by atoms with E-state index in [1.54, 1.807) is 17.8 Å². The highest BCUT2D eigenvalue weighted by Crippen LogP contribution is 2.63. The maximum absolute atomic E-state index is 13.3. The van der Waals surface area contributed by atoms with E-state index in [-0.39, 0.29) is 40.9 Å². The van der Waals surface area contributed by atoms with E-state index in [0.29, 0.717) is 12.2 Å². The van der Waals surface area contributed by atoms with Gasteiger partial charge in [0.25, 0.3) is 0 Å². The van der Waals surface area contributed by atoms with Crippen molar-refractivity contribution in [1.82, 2.24) is 4.90 Å². The van der Waals surface area contributed by atoms with Crippen molar-refractivity contribution in [3.8, 4) is 11.5 Å². The van der Waals surface area contributed by atoms with Crippen LogP contribution < -0.4 is 9.47 Å². The third-order valence-corrected chi connectivity index (χ3v) is 9.94. The van der Waals surface area contributed by atoms with Crippen molar-refractivity contribution in [2.75, 3.05) is 20.7 Å². The molecule has 1 heterocycles. The summed E-state index contributed by atoms with van der Waals surface area (Å²) in [5, 5.41) is -0.0691. The van der Waals surface area contributed by atoms with Gasteiger partial charge in [0.15, 0.2) is 23.0 Å². The van der Waals surface area contributed by atoms with Gasteiger partial charge < -0.3 is 19.1 Å². The Bertz CT molecular complexity index is 1330. The van der Waals surface area contributed by atoms with Crippen LogP contribution in [-0.4, -0.2) is 49.4 Å². The highest BCUT2D eigenvalue weighted by Gasteiger charge is 2.60. The number of ketones is 1. The van der Waals surface area contributed by atoms with Crippen molar-refractivity contribution in [3.05, 3.63) is 63.8 Å². The Hall–Kier alpha value is -2.62. The number of benzene rings is 2. The molecule has 194 valence electrons. The largest absolute Gasteiger partial charge is 0.493 e. The second-order valence-corrected chi connectivity index (χ2v) is 11.8. The number of thioether (sulfide) groups is 1. The van der Waals surface area contributed by atoms with E-state index in [1.807, 2.05) is 30.3 Å². The number of ether oxygens (including phenoxy) is 3. The molecular weight excluding hydrogens is 558 g/mol. The molecule has 0 amide bonds. The van der Waals surface area contributed by atoms with Gasteiger partial charge in [0.2, 0.25) is 0 Å². The van der Waals surface area contributed by atoms with Crippen molar-refractivity contribution < 1.29 is 28.6 Å². The number of piperidine rings is 1. The average molecular weight is 587 g/mol. The minimum atomic E-state index is -0.627. The molecule has 37 heavy (non-hydrogen) atoms. The fourth-order valence-corrected chi connectivity index (χ4v) is 8.19. The molecule has 2 aliphatic carbocycles. The SMILES string of the molecule is COC1=C[C@@H]2[C@@H]3[C@H](Sc4ccccc4Br)c4ccc(OC(C)=O)c(OC(C)=O)c4[C@]2(CCN3C)CC1=O. The summed E-state index contributed by atoms with van der Waals surface area (Å²) in [6.45, 7) is 3.40. The standard InChI is InChI=1S/C28H28BrNO6S/c1-15(31)35-21-10-9-17-24(26(21)36-16(2)32)28-11-12-30(3)25(18(28)13-22(34-4)20(33)14-28)27(17)37-23-8-6-5-7-19(23)29/h5-10,13,18,25,27H,11-12,14H2,1-4H3/t18-,25-,27-,28-/m1/s1. The molecule has 2 aromatic rings. The maximum atomic E-state index is 13.3. The number of esters is 2. The Kier molecular flexibility index (Phi) is 6.98. The molecule has 9 heteroatoms. The number of carbonyl (C=O) groups is 3. The number of allylic oxidation sites excluding steroid dienone is 1. The minimum Gasteiger partial charge on any atom is -0.493 e. The highest BCUT2D eigenvalue weighted by molar-refractivity contribution is 9.10. The van der Waals surface area contributed by atoms with Crippen LogP contribution in [0.2, 0.25) is 0 Å². The fourth-order valence-electron chi connectivity index (χ4n) is 6.17. The molecule has 0 unspecified atom stereocenters. The van der Waals surface area contributed by atoms with E-state index in [9.17, 15) is 14.4 Å². The molecule has 0 saturated carbocycles. The summed E-state index contributed by atoms with van der Waals surface area (Å²) < 4.78 is 17.8. The number of Topliss-reactive ketones (excluding diaryl/α,β-unsaturated/α-hetero) is 1. The lowest BCUT2D eigenvalue weighted by Crippen LogP contribution is -2.61. The number of hydrogen-bond donors (Lipinski definition) is 0. The molecular formula is C28H28BrNO6S. The molecule has 2 bridgehead atoms. The summed E-state index contributed by atoms with van der Waals surface area (Å²) >= 11 is 5.41. The Morgan fingerprint density at radius 3 is 2.51 bits per heavy atom. The summed E-state index contributed by atoms with van der Waals surface area (Å²) in [5.41, 5.74) is 1.13. The third-order valence-electron chi connectivity index (χ3n) is 7.59. The van der Waals surface area contributed by atoms with Gasteiger partial charge in [0, 0.05) is 52.6 Å². The molecule has 0 N–H and O–H groups in total. The van der Waals surface area contributed by atoms with Gasteiger partial charge in [-0.2, -0.15) is 0 Å². The molecule has 5 rings (SSSR count). The number of halogens is 1. The van der Waals surface area contributed by atoms with Crippen molar-refractivity contribution in [1.29, 1.82) is 0 Å². The molecule has 3 aliphatic rings. The van der Waals surface area contributed by atoms with Gasteiger partial charge in [-0.3, -0.25) is 14.4 Å². The first kappa shape index (κ1) is 26.0. The summed E-state index contributed by atoms with van der Waals surface area (Å²) in [4.78, 5) is 41.0. The lowest BCUT2D eigenvalue weighted by Gasteiger charge is -2.59. The summed E-state index contributed by atoms with van der Waals surface area (Å²) in [6, 6.07) is 11.8. The second kappa shape index (κ2) is 9.93. The smallest absolute Gasteiger partial charge is 0.308 e. The van der Waals surface area contributed by atoms with Crippen molar-refractivity contribution >= 4 is 45.4 Å². The van der Waals surface area contributed by atoms with E-state index in [1.165, 1.54) is 21.0 Å². The molecule has 1 fully saturated rings. The maximum Gasteiger partial charge on any atom is 0.308 e. The van der Waals surface area contributed by atoms with Gasteiger partial charge in [0.05, 0.1) is 12.4 Å². The average Bonchev–Trinajstić information content (AvgIpc) is 2.84. The van der Waals surface area contributed by atoms with Crippen LogP contribution in [0, 0.1) is 5.92 Å². The third kappa shape index (κ3) is 4.41. The predicted molar refractivity (Wildman–Crippen MR) is 143 cm³/mol. The zero-order chi connectivity index (χ0) is 26.5. The van der Waals surface area contributed by atoms with Crippen LogP contribution in [0.5, 0.6) is 11.5 Å². The molecule has 0 radical (unpaired) electrons. The van der Waals surface area contributed by atoms with Gasteiger partial charge >= 0.3 is 11.9 Å². The summed E-state index contributed by atoms with van der Waals surface area (Å²) in [6.07, 6.45) is 2.86. The molecule has 4 atom stereocenters. The van der Waals surface area contributed by atoms with Gasteiger partial charge in [-0.1, -0.05) is 18.2 Å². The van der Waals surface area contributed by atoms with E-state index in [0.717, 1.165) is 27.0 Å². The van der Waals surface area contributed by atoms with Crippen LogP contribution in [0.4, 0.5) is 0 Å². The Labute approximate surface area is 228 Å². The predicted octanol–water partition coefficient (Wildman–Crippen LogP) is 5.21. The zero-order valence-corrected chi connectivity index (χ0v) is 23.5. The van der Waals surface area contributed by atoms with Crippen molar-refractivity contribution in [3.63, 3.8) is 0 Å². The van der Waals surface area contributed by atoms with Gasteiger partial charge in [-0.15, -0.1) is 11.8 Å². The number of carbonyl (C=O) groups excluding carboxylic acids is 3. The van der Waals surface area contributed by atoms with Gasteiger partial charge in [-0.25, -0.2) is 0 Å². The van der Waals surface area contributed by atoms with E-state index in [4.69, 9.17) is 14.2 Å². The molecule has 0 aromatic heterocycles. The second-order valence-electron chi connectivity index (χ2n) is 9.75. The van der Waals surface area contributed by atoms with Crippen LogP contribution in [-0.2, 0) is 24.5 Å². The Morgan fingerprint density at radius 2 is 1.84 bits per heavy atom.